The first-order chi connectivity index (χ1) is 11.8. The van der Waals surface area contributed by atoms with E-state index in [1.165, 1.54) is 19.3 Å². The smallest absolute Gasteiger partial charge is 0.225 e. The molecule has 3 aliphatic rings. The maximum absolute atomic E-state index is 12.9. The SMILES string of the molecule is O=C(C1CCCCC1)N1CCCC2(CC(c3ccccc3)=NO2)C1. The molecule has 1 aromatic carbocycles. The van der Waals surface area contributed by atoms with E-state index in [9.17, 15) is 4.79 Å². The van der Waals surface area contributed by atoms with E-state index in [1.807, 2.05) is 18.2 Å². The number of carbonyl (C=O) groups excluding carboxylic acids is 1. The van der Waals surface area contributed by atoms with Crippen LogP contribution in [0.2, 0.25) is 0 Å². The third kappa shape index (κ3) is 3.06. The lowest BCUT2D eigenvalue weighted by Gasteiger charge is -2.40. The van der Waals surface area contributed by atoms with E-state index < -0.39 is 0 Å². The number of benzene rings is 1. The van der Waals surface area contributed by atoms with Crippen molar-refractivity contribution in [2.45, 2.75) is 57.0 Å². The zero-order valence-corrected chi connectivity index (χ0v) is 14.2. The highest BCUT2D eigenvalue weighted by Crippen LogP contribution is 2.36. The molecule has 128 valence electrons. The van der Waals surface area contributed by atoms with Gasteiger partial charge in [-0.05, 0) is 31.2 Å². The molecule has 1 aliphatic carbocycles. The molecule has 24 heavy (non-hydrogen) atoms. The summed E-state index contributed by atoms with van der Waals surface area (Å²) in [5.74, 6) is 0.593. The van der Waals surface area contributed by atoms with E-state index in [1.54, 1.807) is 0 Å². The Bertz CT molecular complexity index is 622. The highest BCUT2D eigenvalue weighted by Gasteiger charge is 2.45. The normalized spacial score (nSPS) is 27.8. The van der Waals surface area contributed by atoms with Gasteiger partial charge in [-0.25, -0.2) is 0 Å². The number of nitrogens with zero attached hydrogens (tertiary/aromatic N) is 2. The molecule has 4 heteroatoms. The van der Waals surface area contributed by atoms with E-state index in [2.05, 4.69) is 22.2 Å². The zero-order valence-electron chi connectivity index (χ0n) is 14.2. The lowest BCUT2D eigenvalue weighted by molar-refractivity contribution is -0.145. The molecule has 1 amide bonds. The van der Waals surface area contributed by atoms with Gasteiger partial charge in [-0.1, -0.05) is 54.8 Å². The van der Waals surface area contributed by atoms with E-state index in [0.29, 0.717) is 12.5 Å². The van der Waals surface area contributed by atoms with Crippen molar-refractivity contribution in [1.29, 1.82) is 0 Å². The van der Waals surface area contributed by atoms with Crippen LogP contribution < -0.4 is 0 Å². The Balaban J connectivity index is 1.43. The van der Waals surface area contributed by atoms with E-state index >= 15 is 0 Å². The average Bonchev–Trinajstić information content (AvgIpc) is 3.06. The van der Waals surface area contributed by atoms with Crippen LogP contribution >= 0.6 is 0 Å². The molecule has 2 heterocycles. The van der Waals surface area contributed by atoms with Crippen LogP contribution in [-0.4, -0.2) is 35.2 Å². The summed E-state index contributed by atoms with van der Waals surface area (Å²) in [5, 5.41) is 4.37. The molecule has 2 fully saturated rings. The van der Waals surface area contributed by atoms with Crippen LogP contribution in [-0.2, 0) is 9.63 Å². The van der Waals surface area contributed by atoms with Crippen molar-refractivity contribution >= 4 is 11.6 Å². The minimum atomic E-state index is -0.298. The standard InChI is InChI=1S/C20H26N2O2/c23-19(17-10-5-2-6-11-17)22-13-7-12-20(15-22)14-18(21-24-20)16-8-3-1-4-9-16/h1,3-4,8-9,17H,2,5-7,10-15H2. The Morgan fingerprint density at radius 1 is 1.12 bits per heavy atom. The maximum atomic E-state index is 12.9. The van der Waals surface area contributed by atoms with Crippen molar-refractivity contribution in [2.75, 3.05) is 13.1 Å². The second-order valence-electron chi connectivity index (χ2n) is 7.55. The molecule has 1 atom stereocenters. The van der Waals surface area contributed by atoms with Crippen LogP contribution in [0.3, 0.4) is 0 Å². The lowest BCUT2D eigenvalue weighted by atomic mass is 9.84. The Kier molecular flexibility index (Phi) is 4.30. The molecular weight excluding hydrogens is 300 g/mol. The first-order valence-electron chi connectivity index (χ1n) is 9.35. The summed E-state index contributed by atoms with van der Waals surface area (Å²) >= 11 is 0. The number of carbonyl (C=O) groups is 1. The molecule has 1 unspecified atom stereocenters. The van der Waals surface area contributed by atoms with Crippen molar-refractivity contribution in [3.63, 3.8) is 0 Å². The van der Waals surface area contributed by atoms with E-state index in [4.69, 9.17) is 4.84 Å². The van der Waals surface area contributed by atoms with Crippen LogP contribution in [0.15, 0.2) is 35.5 Å². The van der Waals surface area contributed by atoms with Gasteiger partial charge in [0.15, 0.2) is 5.60 Å². The van der Waals surface area contributed by atoms with Gasteiger partial charge in [0.25, 0.3) is 0 Å². The van der Waals surface area contributed by atoms with Gasteiger partial charge in [0.1, 0.15) is 0 Å². The van der Waals surface area contributed by atoms with Crippen LogP contribution in [0.5, 0.6) is 0 Å². The van der Waals surface area contributed by atoms with Gasteiger partial charge >= 0.3 is 0 Å². The fraction of sp³-hybridized carbons (Fsp3) is 0.600. The summed E-state index contributed by atoms with van der Waals surface area (Å²) in [6.07, 6.45) is 8.62. The fourth-order valence-corrected chi connectivity index (χ4v) is 4.42. The molecule has 1 saturated heterocycles. The van der Waals surface area contributed by atoms with Gasteiger partial charge in [0, 0.05) is 18.9 Å². The predicted molar refractivity (Wildman–Crippen MR) is 93.8 cm³/mol. The van der Waals surface area contributed by atoms with Gasteiger partial charge in [-0.15, -0.1) is 0 Å². The third-order valence-corrected chi connectivity index (χ3v) is 5.75. The van der Waals surface area contributed by atoms with Gasteiger partial charge < -0.3 is 9.74 Å². The monoisotopic (exact) mass is 326 g/mol. The molecule has 1 saturated carbocycles. The Labute approximate surface area is 143 Å². The largest absolute Gasteiger partial charge is 0.387 e. The summed E-state index contributed by atoms with van der Waals surface area (Å²) in [6, 6.07) is 10.2. The summed E-state index contributed by atoms with van der Waals surface area (Å²) in [7, 11) is 0. The van der Waals surface area contributed by atoms with Crippen molar-refractivity contribution in [3.8, 4) is 0 Å². The van der Waals surface area contributed by atoms with Gasteiger partial charge in [-0.3, -0.25) is 4.79 Å². The average molecular weight is 326 g/mol. The van der Waals surface area contributed by atoms with Gasteiger partial charge in [-0.2, -0.15) is 0 Å². The Morgan fingerprint density at radius 3 is 2.71 bits per heavy atom. The molecule has 1 spiro atoms. The molecule has 0 radical (unpaired) electrons. The number of hydrogen-bond acceptors (Lipinski definition) is 3. The first-order valence-corrected chi connectivity index (χ1v) is 9.35. The molecule has 0 N–H and O–H groups in total. The number of rotatable bonds is 2. The topological polar surface area (TPSA) is 41.9 Å². The highest BCUT2D eigenvalue weighted by atomic mass is 16.7. The molecule has 4 nitrogen and oxygen atoms in total. The lowest BCUT2D eigenvalue weighted by Crippen LogP contribution is -2.52. The number of piperidine rings is 1. The molecule has 0 bridgehead atoms. The second-order valence-corrected chi connectivity index (χ2v) is 7.55. The van der Waals surface area contributed by atoms with Crippen LogP contribution in [0.25, 0.3) is 0 Å². The first kappa shape index (κ1) is 15.7. The van der Waals surface area contributed by atoms with Crippen molar-refractivity contribution < 1.29 is 9.63 Å². The minimum Gasteiger partial charge on any atom is -0.387 e. The van der Waals surface area contributed by atoms with Crippen LogP contribution in [0.1, 0.15) is 56.9 Å². The number of hydrogen-bond donors (Lipinski definition) is 0. The quantitative estimate of drug-likeness (QED) is 0.830. The summed E-state index contributed by atoms with van der Waals surface area (Å²) in [6.45, 7) is 1.57. The van der Waals surface area contributed by atoms with E-state index in [-0.39, 0.29) is 11.5 Å². The van der Waals surface area contributed by atoms with Gasteiger partial charge in [0.2, 0.25) is 5.91 Å². The number of likely N-dealkylation sites (tertiary alicyclic amines) is 1. The predicted octanol–water partition coefficient (Wildman–Crippen LogP) is 3.75. The van der Waals surface area contributed by atoms with Gasteiger partial charge in [0.05, 0.1) is 12.3 Å². The highest BCUT2D eigenvalue weighted by molar-refractivity contribution is 6.01. The molecule has 1 aromatic rings. The van der Waals surface area contributed by atoms with Crippen LogP contribution in [0.4, 0.5) is 0 Å². The molecule has 4 rings (SSSR count). The fourth-order valence-electron chi connectivity index (χ4n) is 4.42. The Morgan fingerprint density at radius 2 is 1.92 bits per heavy atom. The van der Waals surface area contributed by atoms with Crippen molar-refractivity contribution in [1.82, 2.24) is 4.90 Å². The zero-order chi connectivity index (χ0) is 16.4. The van der Waals surface area contributed by atoms with Crippen molar-refractivity contribution in [2.24, 2.45) is 11.1 Å². The molecular formula is C20H26N2O2. The minimum absolute atomic E-state index is 0.241. The second kappa shape index (κ2) is 6.58. The maximum Gasteiger partial charge on any atom is 0.225 e. The number of amides is 1. The van der Waals surface area contributed by atoms with Crippen molar-refractivity contribution in [3.05, 3.63) is 35.9 Å². The molecule has 0 aromatic heterocycles. The third-order valence-electron chi connectivity index (χ3n) is 5.75. The summed E-state index contributed by atoms with van der Waals surface area (Å²) < 4.78 is 0. The Hall–Kier alpha value is -1.84. The van der Waals surface area contributed by atoms with E-state index in [0.717, 1.165) is 49.9 Å². The number of oxime groups is 1. The molecule has 2 aliphatic heterocycles. The summed E-state index contributed by atoms with van der Waals surface area (Å²) in [4.78, 5) is 20.8. The van der Waals surface area contributed by atoms with Crippen LogP contribution in [0, 0.1) is 5.92 Å². The summed E-state index contributed by atoms with van der Waals surface area (Å²) in [5.41, 5.74) is 1.85.